The van der Waals surface area contributed by atoms with Crippen LogP contribution in [0.5, 0.6) is 0 Å². The Morgan fingerprint density at radius 1 is 1.06 bits per heavy atom. The van der Waals surface area contributed by atoms with E-state index in [1.54, 1.807) is 14.1 Å². The topological polar surface area (TPSA) is 96.0 Å². The van der Waals surface area contributed by atoms with Crippen LogP contribution in [-0.4, -0.2) is 61.4 Å². The Morgan fingerprint density at radius 3 is 2.42 bits per heavy atom. The number of hydrogen-bond acceptors (Lipinski definition) is 5. The predicted molar refractivity (Wildman–Crippen MR) is 121 cm³/mol. The summed E-state index contributed by atoms with van der Waals surface area (Å²) in [4.78, 5) is 53.9. The molecular weight excluding hydrogens is 422 g/mol. The number of carbonyl (C=O) groups excluding carboxylic acids is 4. The molecule has 1 N–H and O–H groups in total. The van der Waals surface area contributed by atoms with Crippen LogP contribution in [0.4, 0.5) is 5.69 Å². The van der Waals surface area contributed by atoms with Crippen molar-refractivity contribution >= 4 is 29.4 Å². The second-order valence-electron chi connectivity index (χ2n) is 8.57. The SMILES string of the molecule is CN(C)C(=O)CN1C(=O)[C@H](NC(=O)[C@@H]2CCC(=O)O2)[C@H](c2ccccc2)Cc2ccccc21. The number of para-hydroxylation sites is 1. The average molecular weight is 450 g/mol. The molecule has 4 rings (SSSR count). The van der Waals surface area contributed by atoms with Gasteiger partial charge in [0, 0.05) is 38.5 Å². The molecule has 2 aliphatic rings. The van der Waals surface area contributed by atoms with Gasteiger partial charge in [0.05, 0.1) is 0 Å². The lowest BCUT2D eigenvalue weighted by atomic mass is 9.86. The Labute approximate surface area is 192 Å². The fourth-order valence-electron chi connectivity index (χ4n) is 4.33. The van der Waals surface area contributed by atoms with E-state index >= 15 is 0 Å². The van der Waals surface area contributed by atoms with Gasteiger partial charge in [0.25, 0.3) is 11.8 Å². The zero-order chi connectivity index (χ0) is 23.5. The molecule has 2 heterocycles. The molecule has 1 saturated heterocycles. The first-order valence-electron chi connectivity index (χ1n) is 11.0. The average Bonchev–Trinajstić information content (AvgIpc) is 3.22. The third-order valence-corrected chi connectivity index (χ3v) is 6.15. The van der Waals surface area contributed by atoms with Crippen LogP contribution >= 0.6 is 0 Å². The van der Waals surface area contributed by atoms with E-state index in [0.29, 0.717) is 12.1 Å². The van der Waals surface area contributed by atoms with Crippen LogP contribution in [0.15, 0.2) is 54.6 Å². The first kappa shape index (κ1) is 22.5. The second kappa shape index (κ2) is 9.44. The van der Waals surface area contributed by atoms with Crippen molar-refractivity contribution in [3.8, 4) is 0 Å². The van der Waals surface area contributed by atoms with Crippen molar-refractivity contribution in [2.45, 2.75) is 37.3 Å². The van der Waals surface area contributed by atoms with E-state index in [1.165, 1.54) is 9.80 Å². The molecule has 2 aromatic carbocycles. The fourth-order valence-corrected chi connectivity index (χ4v) is 4.33. The number of amides is 3. The maximum absolute atomic E-state index is 13.9. The van der Waals surface area contributed by atoms with Crippen LogP contribution in [-0.2, 0) is 30.3 Å². The minimum absolute atomic E-state index is 0.144. The Morgan fingerprint density at radius 2 is 1.76 bits per heavy atom. The summed E-state index contributed by atoms with van der Waals surface area (Å²) in [6.07, 6.45) is 0.0380. The Balaban J connectivity index is 1.74. The van der Waals surface area contributed by atoms with Gasteiger partial charge >= 0.3 is 5.97 Å². The van der Waals surface area contributed by atoms with E-state index in [0.717, 1.165) is 11.1 Å². The highest BCUT2D eigenvalue weighted by molar-refractivity contribution is 6.05. The van der Waals surface area contributed by atoms with Crippen LogP contribution < -0.4 is 10.2 Å². The molecule has 8 nitrogen and oxygen atoms in total. The molecule has 0 saturated carbocycles. The fraction of sp³-hybridized carbons (Fsp3) is 0.360. The molecule has 2 aliphatic heterocycles. The van der Waals surface area contributed by atoms with Gasteiger partial charge in [-0.25, -0.2) is 0 Å². The van der Waals surface area contributed by atoms with Crippen LogP contribution in [0.3, 0.4) is 0 Å². The lowest BCUT2D eigenvalue weighted by Crippen LogP contribution is -2.54. The molecule has 0 aromatic heterocycles. The number of ether oxygens (including phenoxy) is 1. The highest BCUT2D eigenvalue weighted by Gasteiger charge is 2.41. The van der Waals surface area contributed by atoms with Crippen molar-refractivity contribution in [3.05, 3.63) is 65.7 Å². The van der Waals surface area contributed by atoms with Crippen LogP contribution in [0.25, 0.3) is 0 Å². The molecule has 3 atom stereocenters. The Kier molecular flexibility index (Phi) is 6.44. The molecule has 3 amide bonds. The quantitative estimate of drug-likeness (QED) is 0.700. The smallest absolute Gasteiger partial charge is 0.306 e. The summed E-state index contributed by atoms with van der Waals surface area (Å²) in [5, 5.41) is 2.85. The van der Waals surface area contributed by atoms with Gasteiger partial charge < -0.3 is 19.9 Å². The Bertz CT molecular complexity index is 1070. The summed E-state index contributed by atoms with van der Waals surface area (Å²) in [5.41, 5.74) is 2.47. The van der Waals surface area contributed by atoms with Gasteiger partial charge in [-0.15, -0.1) is 0 Å². The van der Waals surface area contributed by atoms with E-state index in [4.69, 9.17) is 4.74 Å². The number of nitrogens with one attached hydrogen (secondary N) is 1. The minimum atomic E-state index is -0.929. The number of hydrogen-bond donors (Lipinski definition) is 1. The molecule has 172 valence electrons. The maximum Gasteiger partial charge on any atom is 0.306 e. The van der Waals surface area contributed by atoms with Crippen molar-refractivity contribution < 1.29 is 23.9 Å². The van der Waals surface area contributed by atoms with Gasteiger partial charge in [-0.1, -0.05) is 48.5 Å². The van der Waals surface area contributed by atoms with E-state index in [1.807, 2.05) is 54.6 Å². The van der Waals surface area contributed by atoms with E-state index in [2.05, 4.69) is 5.32 Å². The summed E-state index contributed by atoms with van der Waals surface area (Å²) >= 11 is 0. The van der Waals surface area contributed by atoms with Gasteiger partial charge in [0.15, 0.2) is 6.10 Å². The molecule has 0 spiro atoms. The molecule has 2 aromatic rings. The zero-order valence-corrected chi connectivity index (χ0v) is 18.7. The predicted octanol–water partition coefficient (Wildman–Crippen LogP) is 1.64. The molecule has 0 unspecified atom stereocenters. The molecular formula is C25H27N3O5. The normalized spacial score (nSPS) is 22.2. The van der Waals surface area contributed by atoms with E-state index in [-0.39, 0.29) is 37.1 Å². The van der Waals surface area contributed by atoms with Crippen molar-refractivity contribution in [1.82, 2.24) is 10.2 Å². The summed E-state index contributed by atoms with van der Waals surface area (Å²) in [6, 6.07) is 16.1. The third kappa shape index (κ3) is 4.74. The van der Waals surface area contributed by atoms with Crippen LogP contribution in [0.2, 0.25) is 0 Å². The largest absolute Gasteiger partial charge is 0.452 e. The third-order valence-electron chi connectivity index (χ3n) is 6.15. The molecule has 0 bridgehead atoms. The number of cyclic esters (lactones) is 1. The number of carbonyl (C=O) groups is 4. The summed E-state index contributed by atoms with van der Waals surface area (Å²) < 4.78 is 5.12. The monoisotopic (exact) mass is 449 g/mol. The van der Waals surface area contributed by atoms with Crippen molar-refractivity contribution in [1.29, 1.82) is 0 Å². The van der Waals surface area contributed by atoms with Gasteiger partial charge in [0.2, 0.25) is 5.91 Å². The number of fused-ring (bicyclic) bond motifs is 1. The number of benzene rings is 2. The van der Waals surface area contributed by atoms with Crippen LogP contribution in [0.1, 0.15) is 29.9 Å². The van der Waals surface area contributed by atoms with Crippen LogP contribution in [0, 0.1) is 0 Å². The number of anilines is 1. The lowest BCUT2D eigenvalue weighted by Gasteiger charge is -2.30. The lowest BCUT2D eigenvalue weighted by molar-refractivity contribution is -0.148. The van der Waals surface area contributed by atoms with Gasteiger partial charge in [-0.05, 0) is 23.6 Å². The van der Waals surface area contributed by atoms with E-state index in [9.17, 15) is 19.2 Å². The van der Waals surface area contributed by atoms with Crippen molar-refractivity contribution in [3.63, 3.8) is 0 Å². The molecule has 0 radical (unpaired) electrons. The van der Waals surface area contributed by atoms with Gasteiger partial charge in [-0.2, -0.15) is 0 Å². The summed E-state index contributed by atoms with van der Waals surface area (Å²) in [5.74, 6) is -1.88. The van der Waals surface area contributed by atoms with Gasteiger partial charge in [0.1, 0.15) is 12.6 Å². The molecule has 0 aliphatic carbocycles. The van der Waals surface area contributed by atoms with Crippen molar-refractivity contribution in [2.75, 3.05) is 25.5 Å². The second-order valence-corrected chi connectivity index (χ2v) is 8.57. The number of esters is 1. The Hall–Kier alpha value is -3.68. The maximum atomic E-state index is 13.9. The summed E-state index contributed by atoms with van der Waals surface area (Å²) in [7, 11) is 3.27. The number of nitrogens with zero attached hydrogens (tertiary/aromatic N) is 2. The number of rotatable bonds is 5. The molecule has 1 fully saturated rings. The van der Waals surface area contributed by atoms with Crippen molar-refractivity contribution in [2.24, 2.45) is 0 Å². The minimum Gasteiger partial charge on any atom is -0.452 e. The molecule has 8 heteroatoms. The van der Waals surface area contributed by atoms with Gasteiger partial charge in [-0.3, -0.25) is 19.2 Å². The standard InChI is InChI=1S/C25H27N3O5/c1-27(2)21(29)15-28-19-11-7-6-10-17(19)14-18(16-8-4-3-5-9-16)23(25(28)32)26-24(31)20-12-13-22(30)33-20/h3-11,18,20,23H,12-15H2,1-2H3,(H,26,31)/t18-,20-,23+/m0/s1. The molecule has 33 heavy (non-hydrogen) atoms. The number of likely N-dealkylation sites (N-methyl/N-ethyl adjacent to an activating group) is 1. The summed E-state index contributed by atoms with van der Waals surface area (Å²) in [6.45, 7) is -0.144. The first-order valence-corrected chi connectivity index (χ1v) is 11.0. The highest BCUT2D eigenvalue weighted by atomic mass is 16.6. The van der Waals surface area contributed by atoms with E-state index < -0.39 is 24.0 Å². The first-order chi connectivity index (χ1) is 15.8. The zero-order valence-electron chi connectivity index (χ0n) is 18.7. The highest BCUT2D eigenvalue weighted by Crippen LogP contribution is 2.35.